The summed E-state index contributed by atoms with van der Waals surface area (Å²) in [4.78, 5) is 78.4. The summed E-state index contributed by atoms with van der Waals surface area (Å²) in [5.74, 6) is -1.08. The van der Waals surface area contributed by atoms with Crippen LogP contribution in [0.15, 0.2) is 60.7 Å². The summed E-state index contributed by atoms with van der Waals surface area (Å²) in [5.41, 5.74) is 0.588. The third kappa shape index (κ3) is 45.7. The average molecular weight is 777 g/mol. The number of carbonyl (C=O) groups excluding carboxylic acids is 4. The van der Waals surface area contributed by atoms with Crippen molar-refractivity contribution in [2.24, 2.45) is 0 Å². The van der Waals surface area contributed by atoms with E-state index in [2.05, 4.69) is 23.7 Å². The highest BCUT2D eigenvalue weighted by Crippen LogP contribution is 2.07. The van der Waals surface area contributed by atoms with Crippen molar-refractivity contribution >= 4 is 23.9 Å². The van der Waals surface area contributed by atoms with Gasteiger partial charge in [-0.3, -0.25) is 45.3 Å². The normalized spacial score (nSPS) is 8.78. The lowest BCUT2D eigenvalue weighted by molar-refractivity contribution is -0.483. The Bertz CT molecular complexity index is 1320. The van der Waals surface area contributed by atoms with E-state index in [1.807, 2.05) is 24.3 Å². The zero-order valence-electron chi connectivity index (χ0n) is 31.0. The molecule has 2 aromatic rings. The van der Waals surface area contributed by atoms with E-state index in [-0.39, 0.29) is 74.2 Å². The lowest BCUT2D eigenvalue weighted by Gasteiger charge is -2.02. The Hall–Kier alpha value is -6.32. The Labute approximate surface area is 311 Å². The van der Waals surface area contributed by atoms with Gasteiger partial charge < -0.3 is 28.4 Å². The number of hydrogen-bond donors (Lipinski definition) is 0. The number of carbonyl (C=O) groups is 4. The molecule has 0 radical (unpaired) electrons. The summed E-state index contributed by atoms with van der Waals surface area (Å²) in [6, 6.07) is 18.0. The highest BCUT2D eigenvalue weighted by atomic mass is 16.6. The molecule has 0 amide bonds. The van der Waals surface area contributed by atoms with Crippen molar-refractivity contribution in [1.82, 2.24) is 0 Å². The first-order valence-electron chi connectivity index (χ1n) is 15.6. The smallest absolute Gasteiger partial charge is 0.343 e. The summed E-state index contributed by atoms with van der Waals surface area (Å²) in [5, 5.41) is 38.2. The highest BCUT2D eigenvalue weighted by molar-refractivity contribution is 5.89. The van der Waals surface area contributed by atoms with Gasteiger partial charge in [-0.15, -0.1) is 0 Å². The van der Waals surface area contributed by atoms with Gasteiger partial charge in [-0.25, -0.2) is 14.4 Å². The van der Waals surface area contributed by atoms with E-state index in [1.165, 1.54) is 28.4 Å². The molecule has 0 fully saturated rings. The molecule has 0 aliphatic carbocycles. The molecule has 0 saturated heterocycles. The van der Waals surface area contributed by atoms with E-state index in [9.17, 15) is 59.6 Å². The molecule has 0 unspecified atom stereocenters. The number of methoxy groups -OCH3 is 4. The molecule has 0 atom stereocenters. The fourth-order valence-electron chi connectivity index (χ4n) is 2.41. The third-order valence-corrected chi connectivity index (χ3v) is 4.93. The molecule has 0 aliphatic heterocycles. The molecular formula is C32H48N4O18. The van der Waals surface area contributed by atoms with Gasteiger partial charge in [-0.05, 0) is 24.3 Å². The van der Waals surface area contributed by atoms with Gasteiger partial charge in [-0.1, -0.05) is 50.2 Å². The molecule has 22 nitrogen and oxygen atoms in total. The molecule has 2 aromatic carbocycles. The molecule has 0 bridgehead atoms. The SMILES string of the molecule is CCC[N+](=O)[O-].CCC[N+](=O)[O-].COC(=O)CC[N+](=O)[O-].COC(=O)COCC[N+](=O)[O-].COC(=O)COc1ccccc1.COC(=O)c1ccccc1. The first-order chi connectivity index (χ1) is 25.5. The minimum absolute atomic E-state index is 0.0412. The van der Waals surface area contributed by atoms with Crippen LogP contribution in [-0.2, 0) is 38.1 Å². The lowest BCUT2D eigenvalue weighted by atomic mass is 10.2. The monoisotopic (exact) mass is 776 g/mol. The van der Waals surface area contributed by atoms with E-state index >= 15 is 0 Å². The molecular weight excluding hydrogens is 728 g/mol. The predicted molar refractivity (Wildman–Crippen MR) is 189 cm³/mol. The highest BCUT2D eigenvalue weighted by Gasteiger charge is 2.05. The second kappa shape index (κ2) is 39.5. The van der Waals surface area contributed by atoms with Crippen LogP contribution in [0.4, 0.5) is 0 Å². The summed E-state index contributed by atoms with van der Waals surface area (Å²) in [6.45, 7) is 2.77. The van der Waals surface area contributed by atoms with Crippen molar-refractivity contribution in [3.8, 4) is 5.75 Å². The van der Waals surface area contributed by atoms with Crippen molar-refractivity contribution in [3.63, 3.8) is 0 Å². The number of nitrogens with zero attached hydrogens (tertiary/aromatic N) is 4. The summed E-state index contributed by atoms with van der Waals surface area (Å²) in [6.07, 6.45) is 1.11. The number of ether oxygens (including phenoxy) is 6. The van der Waals surface area contributed by atoms with Crippen molar-refractivity contribution in [2.75, 3.05) is 74.4 Å². The van der Waals surface area contributed by atoms with Gasteiger partial charge in [0.15, 0.2) is 6.61 Å². The number of esters is 4. The van der Waals surface area contributed by atoms with Crippen molar-refractivity contribution in [2.45, 2.75) is 33.1 Å². The molecule has 0 aliphatic rings. The molecule has 304 valence electrons. The minimum Gasteiger partial charge on any atom is -0.482 e. The zero-order valence-corrected chi connectivity index (χ0v) is 31.0. The van der Waals surface area contributed by atoms with Crippen molar-refractivity contribution in [1.29, 1.82) is 0 Å². The van der Waals surface area contributed by atoms with Crippen LogP contribution < -0.4 is 4.74 Å². The number of hydrogen-bond acceptors (Lipinski definition) is 18. The first-order valence-corrected chi connectivity index (χ1v) is 15.6. The molecule has 0 aromatic heterocycles. The van der Waals surface area contributed by atoms with Crippen molar-refractivity contribution in [3.05, 3.63) is 107 Å². The van der Waals surface area contributed by atoms with E-state index in [4.69, 9.17) is 4.74 Å². The van der Waals surface area contributed by atoms with Crippen LogP contribution in [0.3, 0.4) is 0 Å². The molecule has 54 heavy (non-hydrogen) atoms. The van der Waals surface area contributed by atoms with Crippen LogP contribution in [0.2, 0.25) is 0 Å². The van der Waals surface area contributed by atoms with E-state index < -0.39 is 21.8 Å². The molecule has 22 heteroatoms. The van der Waals surface area contributed by atoms with Gasteiger partial charge in [0.1, 0.15) is 25.4 Å². The van der Waals surface area contributed by atoms with Crippen LogP contribution in [0.5, 0.6) is 5.75 Å². The topological polar surface area (TPSA) is 296 Å². The lowest BCUT2D eigenvalue weighted by Crippen LogP contribution is -2.15. The largest absolute Gasteiger partial charge is 0.482 e. The Morgan fingerprint density at radius 3 is 1.30 bits per heavy atom. The van der Waals surface area contributed by atoms with Gasteiger partial charge in [0, 0.05) is 32.5 Å². The van der Waals surface area contributed by atoms with Crippen LogP contribution in [-0.4, -0.2) is 118 Å². The van der Waals surface area contributed by atoms with Gasteiger partial charge >= 0.3 is 23.9 Å². The van der Waals surface area contributed by atoms with E-state index in [1.54, 1.807) is 50.2 Å². The van der Waals surface area contributed by atoms with Gasteiger partial charge in [-0.2, -0.15) is 0 Å². The fourth-order valence-corrected chi connectivity index (χ4v) is 2.41. The summed E-state index contributed by atoms with van der Waals surface area (Å²) < 4.78 is 27.0. The number of para-hydroxylation sites is 1. The molecule has 0 N–H and O–H groups in total. The quantitative estimate of drug-likeness (QED) is 0.0776. The van der Waals surface area contributed by atoms with Gasteiger partial charge in [0.05, 0.1) is 34.0 Å². The summed E-state index contributed by atoms with van der Waals surface area (Å²) in [7, 11) is 5.12. The number of benzene rings is 2. The van der Waals surface area contributed by atoms with Crippen LogP contribution in [0.25, 0.3) is 0 Å². The Morgan fingerprint density at radius 2 is 0.944 bits per heavy atom. The van der Waals surface area contributed by atoms with E-state index in [0.717, 1.165) is 0 Å². The van der Waals surface area contributed by atoms with Crippen LogP contribution in [0.1, 0.15) is 43.5 Å². The fraction of sp³-hybridized carbons (Fsp3) is 0.500. The maximum atomic E-state index is 10.8. The molecule has 0 heterocycles. The summed E-state index contributed by atoms with van der Waals surface area (Å²) >= 11 is 0. The van der Waals surface area contributed by atoms with Gasteiger partial charge in [0.25, 0.3) is 0 Å². The first kappa shape index (κ1) is 54.5. The third-order valence-electron chi connectivity index (χ3n) is 4.93. The average Bonchev–Trinajstić information content (AvgIpc) is 3.16. The van der Waals surface area contributed by atoms with Gasteiger partial charge in [0.2, 0.25) is 26.2 Å². The van der Waals surface area contributed by atoms with Crippen LogP contribution >= 0.6 is 0 Å². The molecule has 0 spiro atoms. The number of nitro groups is 4. The molecule has 0 saturated carbocycles. The van der Waals surface area contributed by atoms with E-state index in [0.29, 0.717) is 24.2 Å². The minimum atomic E-state index is -0.559. The van der Waals surface area contributed by atoms with Crippen LogP contribution in [0, 0.1) is 40.5 Å². The second-order valence-corrected chi connectivity index (χ2v) is 9.22. The standard InChI is InChI=1S/C9H10O3.C8H8O2.C5H9NO5.C4H7NO4.2C3H7NO2/c1-11-9(10)7-12-8-5-3-2-4-6-8;1-10-8(9)7-5-3-2-4-6-7;1-10-5(7)4-11-3-2-6(8)9;1-9-4(6)2-3-5(7)8;2*1-2-3-4(5)6/h2-6H,7H2,1H3;2-6H,1H3;2-4H2,1H3;2-3H2,1H3;2*2-3H2,1H3. The second-order valence-electron chi connectivity index (χ2n) is 9.22. The zero-order chi connectivity index (χ0) is 42.2. The Balaban J connectivity index is -0.000000283. The Morgan fingerprint density at radius 1 is 0.537 bits per heavy atom. The maximum Gasteiger partial charge on any atom is 0.343 e. The predicted octanol–water partition coefficient (Wildman–Crippen LogP) is 3.34. The maximum absolute atomic E-state index is 10.8. The Kier molecular flexibility index (Phi) is 39.8. The number of rotatable bonds is 16. The molecule has 2 rings (SSSR count). The van der Waals surface area contributed by atoms with Crippen molar-refractivity contribution < 1.29 is 67.3 Å².